The molecule has 0 radical (unpaired) electrons. The molecule has 0 aliphatic carbocycles. The average Bonchev–Trinajstić information content (AvgIpc) is 2.88. The van der Waals surface area contributed by atoms with E-state index in [2.05, 4.69) is 16.2 Å². The molecule has 0 saturated carbocycles. The van der Waals surface area contributed by atoms with Crippen LogP contribution in [-0.2, 0) is 6.42 Å². The number of aromatic nitrogens is 2. The lowest BCUT2D eigenvalue weighted by Gasteiger charge is -2.03. The Kier molecular flexibility index (Phi) is 4.20. The van der Waals surface area contributed by atoms with E-state index in [1.54, 1.807) is 12.1 Å². The molecule has 104 valence electrons. The fourth-order valence-electron chi connectivity index (χ4n) is 1.80. The van der Waals surface area contributed by atoms with Gasteiger partial charge in [0.1, 0.15) is 0 Å². The summed E-state index contributed by atoms with van der Waals surface area (Å²) in [6, 6.07) is 6.96. The molecule has 6 nitrogen and oxygen atoms in total. The molecule has 1 atom stereocenters. The van der Waals surface area contributed by atoms with E-state index in [0.29, 0.717) is 35.9 Å². The molecule has 0 bridgehead atoms. The maximum atomic E-state index is 9.55. The summed E-state index contributed by atoms with van der Waals surface area (Å²) in [5.74, 6) is 1.51. The number of hydrogen-bond donors (Lipinski definition) is 1. The van der Waals surface area contributed by atoms with Crippen LogP contribution in [0, 0.1) is 17.2 Å². The summed E-state index contributed by atoms with van der Waals surface area (Å²) in [4.78, 5) is 4.28. The lowest BCUT2D eigenvalue weighted by atomic mass is 10.1. The van der Waals surface area contributed by atoms with E-state index in [9.17, 15) is 5.11 Å². The van der Waals surface area contributed by atoms with E-state index >= 15 is 0 Å². The van der Waals surface area contributed by atoms with E-state index < -0.39 is 0 Å². The summed E-state index contributed by atoms with van der Waals surface area (Å²) < 4.78 is 10.2. The quantitative estimate of drug-likeness (QED) is 0.899. The Morgan fingerprint density at radius 1 is 1.50 bits per heavy atom. The molecule has 2 rings (SSSR count). The minimum atomic E-state index is 0.0580. The molecule has 2 aromatic rings. The third kappa shape index (κ3) is 3.06. The number of methoxy groups -OCH3 is 1. The van der Waals surface area contributed by atoms with Crippen molar-refractivity contribution < 1.29 is 14.4 Å². The molecule has 0 aliphatic rings. The van der Waals surface area contributed by atoms with Gasteiger partial charge in [-0.15, -0.1) is 0 Å². The van der Waals surface area contributed by atoms with Gasteiger partial charge in [0.25, 0.3) is 0 Å². The van der Waals surface area contributed by atoms with E-state index in [1.165, 1.54) is 13.2 Å². The van der Waals surface area contributed by atoms with Crippen molar-refractivity contribution in [3.8, 4) is 29.0 Å². The Morgan fingerprint density at radius 2 is 2.30 bits per heavy atom. The highest BCUT2D eigenvalue weighted by atomic mass is 16.5. The summed E-state index contributed by atoms with van der Waals surface area (Å²) in [5.41, 5.74) is 0.697. The second-order valence-corrected chi connectivity index (χ2v) is 4.57. The van der Waals surface area contributed by atoms with Crippen molar-refractivity contribution in [2.24, 2.45) is 5.92 Å². The molecule has 0 spiro atoms. The largest absolute Gasteiger partial charge is 0.504 e. The van der Waals surface area contributed by atoms with Crippen molar-refractivity contribution in [3.63, 3.8) is 0 Å². The fourth-order valence-corrected chi connectivity index (χ4v) is 1.80. The third-order valence-corrected chi connectivity index (χ3v) is 2.87. The Bertz CT molecular complexity index is 631. The van der Waals surface area contributed by atoms with Gasteiger partial charge < -0.3 is 14.4 Å². The van der Waals surface area contributed by atoms with Gasteiger partial charge in [0.2, 0.25) is 11.7 Å². The first-order chi connectivity index (χ1) is 9.63. The molecule has 1 heterocycles. The SMILES string of the molecule is COc1cc(-c2noc(CC(C)CC#N)n2)ccc1O. The van der Waals surface area contributed by atoms with Crippen LogP contribution in [0.15, 0.2) is 22.7 Å². The van der Waals surface area contributed by atoms with Crippen molar-refractivity contribution in [3.05, 3.63) is 24.1 Å². The molecule has 1 aromatic carbocycles. The summed E-state index contributed by atoms with van der Waals surface area (Å²) in [5, 5.41) is 22.1. The molecule has 0 fully saturated rings. The normalized spacial score (nSPS) is 11.8. The first-order valence-corrected chi connectivity index (χ1v) is 6.21. The highest BCUT2D eigenvalue weighted by Gasteiger charge is 2.13. The smallest absolute Gasteiger partial charge is 0.227 e. The van der Waals surface area contributed by atoms with Crippen LogP contribution in [0.25, 0.3) is 11.4 Å². The van der Waals surface area contributed by atoms with Crippen molar-refractivity contribution in [1.29, 1.82) is 5.26 Å². The van der Waals surface area contributed by atoms with Crippen molar-refractivity contribution in [2.45, 2.75) is 19.8 Å². The van der Waals surface area contributed by atoms with Gasteiger partial charge in [-0.05, 0) is 24.1 Å². The van der Waals surface area contributed by atoms with Crippen molar-refractivity contribution in [2.75, 3.05) is 7.11 Å². The number of ether oxygens (including phenoxy) is 1. The number of hydrogen-bond acceptors (Lipinski definition) is 6. The summed E-state index contributed by atoms with van der Waals surface area (Å²) in [6.07, 6.45) is 1.01. The highest BCUT2D eigenvalue weighted by Crippen LogP contribution is 2.30. The van der Waals surface area contributed by atoms with Crippen LogP contribution < -0.4 is 4.74 Å². The van der Waals surface area contributed by atoms with E-state index in [4.69, 9.17) is 14.5 Å². The topological polar surface area (TPSA) is 92.2 Å². The Balaban J connectivity index is 2.18. The van der Waals surface area contributed by atoms with Gasteiger partial charge in [-0.3, -0.25) is 0 Å². The summed E-state index contributed by atoms with van der Waals surface area (Å²) >= 11 is 0. The summed E-state index contributed by atoms with van der Waals surface area (Å²) in [7, 11) is 1.48. The van der Waals surface area contributed by atoms with Crippen molar-refractivity contribution in [1.82, 2.24) is 10.1 Å². The predicted octanol–water partition coefficient (Wildman–Crippen LogP) is 2.54. The molecule has 6 heteroatoms. The molecule has 0 aliphatic heterocycles. The van der Waals surface area contributed by atoms with Crippen LogP contribution in [0.1, 0.15) is 19.2 Å². The highest BCUT2D eigenvalue weighted by molar-refractivity contribution is 5.60. The zero-order chi connectivity index (χ0) is 14.5. The minimum absolute atomic E-state index is 0.0580. The number of phenols is 1. The maximum Gasteiger partial charge on any atom is 0.227 e. The summed E-state index contributed by atoms with van der Waals surface area (Å²) in [6.45, 7) is 1.96. The van der Waals surface area contributed by atoms with Crippen LogP contribution in [0.4, 0.5) is 0 Å². The molecule has 0 saturated heterocycles. The Labute approximate surface area is 116 Å². The Morgan fingerprint density at radius 3 is 3.00 bits per heavy atom. The van der Waals surface area contributed by atoms with Gasteiger partial charge in [0.05, 0.1) is 13.2 Å². The minimum Gasteiger partial charge on any atom is -0.504 e. The zero-order valence-corrected chi connectivity index (χ0v) is 11.3. The van der Waals surface area contributed by atoms with Gasteiger partial charge in [0.15, 0.2) is 11.5 Å². The molecule has 1 unspecified atom stereocenters. The first-order valence-electron chi connectivity index (χ1n) is 6.21. The number of rotatable bonds is 5. The molecule has 1 N–H and O–H groups in total. The molecular formula is C14H15N3O3. The average molecular weight is 273 g/mol. The van der Waals surface area contributed by atoms with Crippen LogP contribution in [-0.4, -0.2) is 22.4 Å². The fraction of sp³-hybridized carbons (Fsp3) is 0.357. The predicted molar refractivity (Wildman–Crippen MR) is 71.0 cm³/mol. The van der Waals surface area contributed by atoms with Crippen LogP contribution in [0.3, 0.4) is 0 Å². The first kappa shape index (κ1) is 13.9. The van der Waals surface area contributed by atoms with Crippen LogP contribution >= 0.6 is 0 Å². The lowest BCUT2D eigenvalue weighted by molar-refractivity contribution is 0.359. The van der Waals surface area contributed by atoms with Crippen LogP contribution in [0.5, 0.6) is 11.5 Å². The maximum absolute atomic E-state index is 9.55. The van der Waals surface area contributed by atoms with Gasteiger partial charge in [0, 0.05) is 18.4 Å². The molecule has 20 heavy (non-hydrogen) atoms. The molecule has 0 amide bonds. The van der Waals surface area contributed by atoms with E-state index in [1.807, 2.05) is 6.92 Å². The molecular weight excluding hydrogens is 258 g/mol. The third-order valence-electron chi connectivity index (χ3n) is 2.87. The van der Waals surface area contributed by atoms with Gasteiger partial charge in [-0.2, -0.15) is 10.2 Å². The number of aromatic hydroxyl groups is 1. The van der Waals surface area contributed by atoms with E-state index in [0.717, 1.165) is 0 Å². The number of phenolic OH excluding ortho intramolecular Hbond substituents is 1. The van der Waals surface area contributed by atoms with Gasteiger partial charge >= 0.3 is 0 Å². The monoisotopic (exact) mass is 273 g/mol. The van der Waals surface area contributed by atoms with Gasteiger partial charge in [-0.1, -0.05) is 12.1 Å². The lowest BCUT2D eigenvalue weighted by Crippen LogP contribution is -1.98. The number of benzene rings is 1. The van der Waals surface area contributed by atoms with Crippen LogP contribution in [0.2, 0.25) is 0 Å². The Hall–Kier alpha value is -2.55. The standard InChI is InChI=1S/C14H15N3O3/c1-9(5-6-15)7-13-16-14(17-20-13)10-3-4-11(18)12(8-10)19-2/h3-4,8-9,18H,5,7H2,1-2H3. The second kappa shape index (κ2) is 6.06. The second-order valence-electron chi connectivity index (χ2n) is 4.57. The van der Waals surface area contributed by atoms with Crippen molar-refractivity contribution >= 4 is 0 Å². The number of nitrogens with zero attached hydrogens (tertiary/aromatic N) is 3. The zero-order valence-electron chi connectivity index (χ0n) is 11.3. The van der Waals surface area contributed by atoms with E-state index in [-0.39, 0.29) is 11.7 Å². The number of nitriles is 1. The molecule has 1 aromatic heterocycles. The van der Waals surface area contributed by atoms with Gasteiger partial charge in [-0.25, -0.2) is 0 Å².